The summed E-state index contributed by atoms with van der Waals surface area (Å²) in [5.74, 6) is 0.487. The number of amides is 2. The molecule has 1 fully saturated rings. The Morgan fingerprint density at radius 3 is 2.65 bits per heavy atom. The van der Waals surface area contributed by atoms with Gasteiger partial charge in [0.15, 0.2) is 0 Å². The molecule has 2 aliphatic heterocycles. The number of imidazole rings is 1. The van der Waals surface area contributed by atoms with E-state index in [9.17, 15) is 22.8 Å². The highest BCUT2D eigenvalue weighted by Gasteiger charge is 2.59. The van der Waals surface area contributed by atoms with E-state index in [1.165, 1.54) is 4.90 Å². The Hall–Kier alpha value is -2.56. The molecule has 5 rings (SSSR count). The van der Waals surface area contributed by atoms with Crippen molar-refractivity contribution >= 4 is 33.6 Å². The summed E-state index contributed by atoms with van der Waals surface area (Å²) < 4.78 is 46.7. The Bertz CT molecular complexity index is 1220. The summed E-state index contributed by atoms with van der Waals surface area (Å²) in [4.78, 5) is 34.4. The SMILES string of the molecule is CC(C)OC(=O)N1CC2(C1)C(=O)N(Cc1nc3c(n1CCCC(F)(F)F)CCCC3)c1ccc(Br)cc12. The third-order valence-electron chi connectivity index (χ3n) is 7.39. The maximum atomic E-state index is 13.9. The van der Waals surface area contributed by atoms with Crippen LogP contribution in [0.2, 0.25) is 0 Å². The van der Waals surface area contributed by atoms with Crippen LogP contribution < -0.4 is 4.90 Å². The Labute approximate surface area is 222 Å². The number of fused-ring (bicyclic) bond motifs is 3. The van der Waals surface area contributed by atoms with Crippen molar-refractivity contribution in [2.45, 2.75) is 83.2 Å². The second kappa shape index (κ2) is 9.63. The van der Waals surface area contributed by atoms with Crippen LogP contribution >= 0.6 is 15.9 Å². The molecule has 0 atom stereocenters. The van der Waals surface area contributed by atoms with Gasteiger partial charge in [-0.25, -0.2) is 9.78 Å². The number of aromatic nitrogens is 2. The fourth-order valence-corrected chi connectivity index (χ4v) is 6.06. The highest BCUT2D eigenvalue weighted by Crippen LogP contribution is 2.49. The van der Waals surface area contributed by atoms with Crippen LogP contribution in [0.25, 0.3) is 0 Å². The third-order valence-corrected chi connectivity index (χ3v) is 7.88. The predicted molar refractivity (Wildman–Crippen MR) is 134 cm³/mol. The lowest BCUT2D eigenvalue weighted by atomic mass is 9.75. The first kappa shape index (κ1) is 26.1. The zero-order valence-corrected chi connectivity index (χ0v) is 22.5. The third kappa shape index (κ3) is 4.86. The Morgan fingerprint density at radius 2 is 1.95 bits per heavy atom. The molecule has 1 aliphatic carbocycles. The molecule has 0 radical (unpaired) electrons. The van der Waals surface area contributed by atoms with Gasteiger partial charge in [0, 0.05) is 41.9 Å². The molecular formula is C26H30BrF3N4O3. The van der Waals surface area contributed by atoms with Crippen LogP contribution in [0.3, 0.4) is 0 Å². The van der Waals surface area contributed by atoms with Gasteiger partial charge in [0.05, 0.1) is 18.3 Å². The van der Waals surface area contributed by atoms with Gasteiger partial charge in [0.25, 0.3) is 0 Å². The highest BCUT2D eigenvalue weighted by molar-refractivity contribution is 9.10. The summed E-state index contributed by atoms with van der Waals surface area (Å²) in [6.07, 6.45) is -2.26. The Morgan fingerprint density at radius 1 is 1.22 bits per heavy atom. The van der Waals surface area contributed by atoms with Gasteiger partial charge >= 0.3 is 12.3 Å². The molecule has 37 heavy (non-hydrogen) atoms. The lowest BCUT2D eigenvalue weighted by Crippen LogP contribution is -2.65. The van der Waals surface area contributed by atoms with E-state index < -0.39 is 24.1 Å². The minimum atomic E-state index is -4.21. The number of halogens is 4. The van der Waals surface area contributed by atoms with Crippen molar-refractivity contribution in [2.24, 2.45) is 0 Å². The number of nitrogens with zero attached hydrogens (tertiary/aromatic N) is 4. The highest BCUT2D eigenvalue weighted by atomic mass is 79.9. The number of hydrogen-bond donors (Lipinski definition) is 0. The van der Waals surface area contributed by atoms with Crippen molar-refractivity contribution in [3.05, 3.63) is 45.4 Å². The molecule has 0 saturated carbocycles. The second-order valence-electron chi connectivity index (χ2n) is 10.4. The predicted octanol–water partition coefficient (Wildman–Crippen LogP) is 5.51. The molecule has 1 aromatic heterocycles. The molecule has 0 N–H and O–H groups in total. The topological polar surface area (TPSA) is 67.7 Å². The number of benzene rings is 1. The molecule has 2 aromatic rings. The maximum absolute atomic E-state index is 13.9. The molecule has 3 heterocycles. The first-order valence-corrected chi connectivity index (χ1v) is 13.5. The van der Waals surface area contributed by atoms with Gasteiger partial charge in [0.1, 0.15) is 11.2 Å². The molecule has 1 aromatic carbocycles. The second-order valence-corrected chi connectivity index (χ2v) is 11.3. The number of likely N-dealkylation sites (tertiary alicyclic amines) is 1. The normalized spacial score (nSPS) is 18.3. The standard InChI is InChI=1S/C26H30BrF3N4O3/c1-16(2)37-24(36)32-14-25(15-32)18-12-17(27)8-9-20(18)34(23(25)35)13-22-31-19-6-3-4-7-21(19)33(22)11-5-10-26(28,29)30/h8-9,12,16H,3-7,10-11,13-15H2,1-2H3. The van der Waals surface area contributed by atoms with Gasteiger partial charge in [-0.15, -0.1) is 0 Å². The molecule has 0 unspecified atom stereocenters. The van der Waals surface area contributed by atoms with E-state index in [2.05, 4.69) is 15.9 Å². The van der Waals surface area contributed by atoms with Gasteiger partial charge in [-0.2, -0.15) is 13.2 Å². The van der Waals surface area contributed by atoms with Crippen LogP contribution in [-0.2, 0) is 40.9 Å². The van der Waals surface area contributed by atoms with Gasteiger partial charge in [0.2, 0.25) is 5.91 Å². The van der Waals surface area contributed by atoms with Crippen LogP contribution in [0.1, 0.15) is 62.3 Å². The summed E-state index contributed by atoms with van der Waals surface area (Å²) >= 11 is 3.50. The number of alkyl halides is 3. The number of aryl methyl sites for hydroxylation is 1. The van der Waals surface area contributed by atoms with E-state index in [0.717, 1.165) is 52.8 Å². The van der Waals surface area contributed by atoms with E-state index in [4.69, 9.17) is 9.72 Å². The quantitative estimate of drug-likeness (QED) is 0.450. The number of hydrogen-bond acceptors (Lipinski definition) is 4. The summed E-state index contributed by atoms with van der Waals surface area (Å²) in [6, 6.07) is 5.65. The average molecular weight is 583 g/mol. The summed E-state index contributed by atoms with van der Waals surface area (Å²) in [5.41, 5.74) is 2.62. The van der Waals surface area contributed by atoms with Crippen LogP contribution in [-0.4, -0.2) is 51.8 Å². The number of ether oxygens (including phenoxy) is 1. The smallest absolute Gasteiger partial charge is 0.410 e. The summed E-state index contributed by atoms with van der Waals surface area (Å²) in [5, 5.41) is 0. The van der Waals surface area contributed by atoms with Crippen molar-refractivity contribution in [3.63, 3.8) is 0 Å². The molecule has 3 aliphatic rings. The zero-order chi connectivity index (χ0) is 26.5. The van der Waals surface area contributed by atoms with Crippen molar-refractivity contribution in [2.75, 3.05) is 18.0 Å². The van der Waals surface area contributed by atoms with Gasteiger partial charge < -0.3 is 19.1 Å². The minimum absolute atomic E-state index is 0.0341. The Balaban J connectivity index is 1.43. The molecule has 2 amide bonds. The van der Waals surface area contributed by atoms with Crippen LogP contribution in [0.5, 0.6) is 0 Å². The fraction of sp³-hybridized carbons (Fsp3) is 0.577. The van der Waals surface area contributed by atoms with Crippen molar-refractivity contribution in [1.29, 1.82) is 0 Å². The van der Waals surface area contributed by atoms with Gasteiger partial charge in [-0.1, -0.05) is 15.9 Å². The first-order valence-electron chi connectivity index (χ1n) is 12.7. The fourth-order valence-electron chi connectivity index (χ4n) is 5.70. The maximum Gasteiger partial charge on any atom is 0.410 e. The number of carbonyl (C=O) groups excluding carboxylic acids is 2. The van der Waals surface area contributed by atoms with Crippen molar-refractivity contribution in [3.8, 4) is 0 Å². The number of anilines is 1. The monoisotopic (exact) mass is 582 g/mol. The largest absolute Gasteiger partial charge is 0.447 e. The lowest BCUT2D eigenvalue weighted by Gasteiger charge is -2.46. The zero-order valence-electron chi connectivity index (χ0n) is 20.9. The summed E-state index contributed by atoms with van der Waals surface area (Å²) in [7, 11) is 0. The van der Waals surface area contributed by atoms with Gasteiger partial charge in [-0.3, -0.25) is 4.79 Å². The first-order chi connectivity index (χ1) is 17.5. The van der Waals surface area contributed by atoms with Crippen LogP contribution in [0.4, 0.5) is 23.7 Å². The molecule has 1 saturated heterocycles. The van der Waals surface area contributed by atoms with Crippen molar-refractivity contribution in [1.82, 2.24) is 14.5 Å². The lowest BCUT2D eigenvalue weighted by molar-refractivity contribution is -0.136. The van der Waals surface area contributed by atoms with E-state index in [1.807, 2.05) is 22.8 Å². The molecule has 1 spiro atoms. The average Bonchev–Trinajstić information content (AvgIpc) is 3.24. The van der Waals surface area contributed by atoms with Crippen molar-refractivity contribution < 1.29 is 27.5 Å². The number of rotatable bonds is 6. The summed E-state index contributed by atoms with van der Waals surface area (Å²) in [6.45, 7) is 4.37. The molecule has 0 bridgehead atoms. The van der Waals surface area contributed by atoms with Crippen LogP contribution in [0.15, 0.2) is 22.7 Å². The number of carbonyl (C=O) groups is 2. The molecular weight excluding hydrogens is 553 g/mol. The van der Waals surface area contributed by atoms with Crippen LogP contribution in [0, 0.1) is 0 Å². The molecule has 11 heteroatoms. The minimum Gasteiger partial charge on any atom is -0.447 e. The van der Waals surface area contributed by atoms with Gasteiger partial charge in [-0.05, 0) is 69.7 Å². The molecule has 7 nitrogen and oxygen atoms in total. The van der Waals surface area contributed by atoms with E-state index in [-0.39, 0.29) is 44.6 Å². The van der Waals surface area contributed by atoms with E-state index in [1.54, 1.807) is 18.7 Å². The molecule has 200 valence electrons. The van der Waals surface area contributed by atoms with E-state index >= 15 is 0 Å². The van der Waals surface area contributed by atoms with E-state index in [0.29, 0.717) is 5.82 Å². The Kier molecular flexibility index (Phi) is 6.79.